The number of carbonyl (C=O) groups is 2. The number of carbonyl (C=O) groups excluding carboxylic acids is 2. The number of nitrogens with two attached hydrogens (primary N) is 1. The van der Waals surface area contributed by atoms with Crippen molar-refractivity contribution in [2.75, 3.05) is 6.54 Å². The molecule has 1 aromatic heterocycles. The Morgan fingerprint density at radius 1 is 1.32 bits per heavy atom. The molecule has 25 heavy (non-hydrogen) atoms. The first kappa shape index (κ1) is 16.7. The highest BCUT2D eigenvalue weighted by molar-refractivity contribution is 6.00. The number of aryl methyl sites for hydroxylation is 1. The minimum atomic E-state index is -1.23. The molecule has 0 bridgehead atoms. The highest BCUT2D eigenvalue weighted by Gasteiger charge is 2.45. The summed E-state index contributed by atoms with van der Waals surface area (Å²) in [5, 5.41) is 10.3. The molecule has 1 atom stereocenters. The van der Waals surface area contributed by atoms with Crippen LogP contribution in [0.5, 0.6) is 0 Å². The third kappa shape index (κ3) is 3.52. The average Bonchev–Trinajstić information content (AvgIpc) is 3.21. The predicted molar refractivity (Wildman–Crippen MR) is 88.8 cm³/mol. The van der Waals surface area contributed by atoms with Crippen LogP contribution in [0.25, 0.3) is 0 Å². The molecule has 1 aliphatic heterocycles. The van der Waals surface area contributed by atoms with Gasteiger partial charge in [-0.3, -0.25) is 9.59 Å². The summed E-state index contributed by atoms with van der Waals surface area (Å²) in [5.41, 5.74) is 6.63. The summed E-state index contributed by atoms with van der Waals surface area (Å²) < 4.78 is 4.74. The largest absolute Gasteiger partial charge is 0.378 e. The molecule has 8 nitrogen and oxygen atoms in total. The van der Waals surface area contributed by atoms with E-state index in [0.717, 1.165) is 5.56 Å². The van der Waals surface area contributed by atoms with E-state index in [-0.39, 0.29) is 18.9 Å². The second-order valence-corrected chi connectivity index (χ2v) is 5.94. The lowest BCUT2D eigenvalue weighted by Gasteiger charge is -2.22. The Bertz CT molecular complexity index is 815. The molecular formula is C17H18N4O4. The summed E-state index contributed by atoms with van der Waals surface area (Å²) in [4.78, 5) is 29.4. The number of rotatable bonds is 6. The molecule has 0 saturated carbocycles. The Morgan fingerprint density at radius 2 is 2.08 bits per heavy atom. The van der Waals surface area contributed by atoms with Crippen LogP contribution >= 0.6 is 0 Å². The van der Waals surface area contributed by atoms with Crippen molar-refractivity contribution in [2.24, 2.45) is 10.9 Å². The van der Waals surface area contributed by atoms with Gasteiger partial charge in [-0.25, -0.2) is 0 Å². The monoisotopic (exact) mass is 342 g/mol. The van der Waals surface area contributed by atoms with Crippen molar-refractivity contribution in [3.8, 4) is 0 Å². The quantitative estimate of drug-likeness (QED) is 0.810. The van der Waals surface area contributed by atoms with E-state index in [1.54, 1.807) is 6.92 Å². The molecule has 130 valence electrons. The summed E-state index contributed by atoms with van der Waals surface area (Å²) in [5.74, 6) is -0.919. The molecule has 0 spiro atoms. The first-order valence-electron chi connectivity index (χ1n) is 7.77. The first-order chi connectivity index (χ1) is 12.0. The zero-order valence-corrected chi connectivity index (χ0v) is 13.7. The van der Waals surface area contributed by atoms with Crippen LogP contribution in [0.2, 0.25) is 0 Å². The highest BCUT2D eigenvalue weighted by atomic mass is 16.7. The second kappa shape index (κ2) is 6.76. The van der Waals surface area contributed by atoms with Crippen LogP contribution in [-0.2, 0) is 16.1 Å². The Kier molecular flexibility index (Phi) is 4.51. The summed E-state index contributed by atoms with van der Waals surface area (Å²) >= 11 is 0. The van der Waals surface area contributed by atoms with Gasteiger partial charge >= 0.3 is 0 Å². The number of nitrogens with one attached hydrogen (secondary N) is 1. The predicted octanol–water partition coefficient (Wildman–Crippen LogP) is 0.956. The molecule has 0 fully saturated rings. The fraction of sp³-hybridized carbons (Fsp3) is 0.294. The number of primary amides is 1. The van der Waals surface area contributed by atoms with Crippen molar-refractivity contribution in [3.63, 3.8) is 0 Å². The first-order valence-corrected chi connectivity index (χ1v) is 7.77. The molecule has 1 aliphatic rings. The third-order valence-electron chi connectivity index (χ3n) is 4.07. The number of aromatic nitrogens is 1. The average molecular weight is 342 g/mol. The van der Waals surface area contributed by atoms with Crippen molar-refractivity contribution in [3.05, 3.63) is 53.4 Å². The molecule has 1 aromatic carbocycles. The van der Waals surface area contributed by atoms with Gasteiger partial charge in [0.05, 0.1) is 18.0 Å². The number of benzene rings is 1. The van der Waals surface area contributed by atoms with Crippen molar-refractivity contribution < 1.29 is 18.9 Å². The molecule has 2 amide bonds. The van der Waals surface area contributed by atoms with Gasteiger partial charge in [-0.2, -0.15) is 0 Å². The van der Waals surface area contributed by atoms with E-state index in [0.29, 0.717) is 23.4 Å². The highest BCUT2D eigenvalue weighted by Crippen LogP contribution is 2.28. The van der Waals surface area contributed by atoms with Crippen LogP contribution in [0.15, 0.2) is 46.3 Å². The fourth-order valence-corrected chi connectivity index (χ4v) is 2.67. The summed E-state index contributed by atoms with van der Waals surface area (Å²) in [6, 6.07) is 9.43. The third-order valence-corrected chi connectivity index (χ3v) is 4.07. The lowest BCUT2D eigenvalue weighted by Crippen LogP contribution is -2.46. The summed E-state index contributed by atoms with van der Waals surface area (Å²) in [6.45, 7) is 1.82. The number of hydrogen-bond donors (Lipinski definition) is 2. The van der Waals surface area contributed by atoms with Gasteiger partial charge in [0.25, 0.3) is 11.8 Å². The number of amides is 2. The normalized spacial score (nSPS) is 19.2. The molecule has 8 heteroatoms. The smallest absolute Gasteiger partial charge is 0.265 e. The van der Waals surface area contributed by atoms with Gasteiger partial charge in [-0.05, 0) is 12.5 Å². The Labute approximate surface area is 144 Å². The van der Waals surface area contributed by atoms with Gasteiger partial charge in [0.2, 0.25) is 5.60 Å². The molecule has 3 rings (SSSR count). The van der Waals surface area contributed by atoms with Crippen molar-refractivity contribution in [1.82, 2.24) is 10.5 Å². The summed E-state index contributed by atoms with van der Waals surface area (Å²) in [7, 11) is 0. The molecule has 1 unspecified atom stereocenters. The maximum absolute atomic E-state index is 12.1. The number of hydrogen-bond acceptors (Lipinski definition) is 6. The van der Waals surface area contributed by atoms with Gasteiger partial charge in [0.1, 0.15) is 11.8 Å². The zero-order chi connectivity index (χ0) is 17.9. The van der Waals surface area contributed by atoms with E-state index in [9.17, 15) is 9.59 Å². The van der Waals surface area contributed by atoms with E-state index in [4.69, 9.17) is 15.1 Å². The van der Waals surface area contributed by atoms with Gasteiger partial charge in [0.15, 0.2) is 0 Å². The fourth-order valence-electron chi connectivity index (χ4n) is 2.67. The van der Waals surface area contributed by atoms with Crippen LogP contribution in [0.1, 0.15) is 28.0 Å². The topological polar surface area (TPSA) is 120 Å². The van der Waals surface area contributed by atoms with Crippen LogP contribution < -0.4 is 11.1 Å². The molecule has 0 radical (unpaired) electrons. The number of nitrogens with zero attached hydrogens (tertiary/aromatic N) is 2. The van der Waals surface area contributed by atoms with Crippen LogP contribution in [0, 0.1) is 6.92 Å². The standard InChI is InChI=1S/C17H18N4O4/c1-11-14(10-24-20-11)15(22)19-9-13-8-17(16(18)23,25-21-13)7-12-5-3-2-4-6-12/h2-6,10H,7-9H2,1H3,(H2,18,23)(H,19,22). The van der Waals surface area contributed by atoms with Crippen LogP contribution in [0.3, 0.4) is 0 Å². The maximum atomic E-state index is 12.1. The number of oxime groups is 1. The SMILES string of the molecule is Cc1nocc1C(=O)NCC1=NOC(Cc2ccccc2)(C(N)=O)C1. The van der Waals surface area contributed by atoms with Gasteiger partial charge < -0.3 is 20.4 Å². The maximum Gasteiger partial charge on any atom is 0.265 e. The van der Waals surface area contributed by atoms with E-state index in [1.165, 1.54) is 6.26 Å². The Hall–Kier alpha value is -3.16. The van der Waals surface area contributed by atoms with E-state index in [1.807, 2.05) is 30.3 Å². The van der Waals surface area contributed by atoms with Crippen molar-refractivity contribution in [2.45, 2.75) is 25.4 Å². The van der Waals surface area contributed by atoms with Gasteiger partial charge in [-0.1, -0.05) is 40.6 Å². The Morgan fingerprint density at radius 3 is 2.72 bits per heavy atom. The molecule has 2 aromatic rings. The van der Waals surface area contributed by atoms with E-state index >= 15 is 0 Å². The van der Waals surface area contributed by atoms with Gasteiger partial charge in [0, 0.05) is 12.8 Å². The van der Waals surface area contributed by atoms with E-state index in [2.05, 4.69) is 15.6 Å². The van der Waals surface area contributed by atoms with Crippen LogP contribution in [-0.4, -0.2) is 34.8 Å². The Balaban J connectivity index is 1.63. The molecule has 0 saturated heterocycles. The molecule has 2 heterocycles. The van der Waals surface area contributed by atoms with Crippen molar-refractivity contribution >= 4 is 17.5 Å². The summed E-state index contributed by atoms with van der Waals surface area (Å²) in [6.07, 6.45) is 1.82. The zero-order valence-electron chi connectivity index (χ0n) is 13.7. The molecule has 0 aliphatic carbocycles. The van der Waals surface area contributed by atoms with E-state index < -0.39 is 11.5 Å². The van der Waals surface area contributed by atoms with Gasteiger partial charge in [-0.15, -0.1) is 0 Å². The van der Waals surface area contributed by atoms with Crippen LogP contribution in [0.4, 0.5) is 0 Å². The lowest BCUT2D eigenvalue weighted by molar-refractivity contribution is -0.140. The lowest BCUT2D eigenvalue weighted by atomic mass is 9.89. The second-order valence-electron chi connectivity index (χ2n) is 5.94. The minimum absolute atomic E-state index is 0.146. The van der Waals surface area contributed by atoms with Crippen molar-refractivity contribution in [1.29, 1.82) is 0 Å². The molecule has 3 N–H and O–H groups in total. The minimum Gasteiger partial charge on any atom is -0.378 e. The molecular weight excluding hydrogens is 324 g/mol.